The Morgan fingerprint density at radius 3 is 2.60 bits per heavy atom. The summed E-state index contributed by atoms with van der Waals surface area (Å²) in [5, 5.41) is 4.70. The number of fused-ring (bicyclic) bond motifs is 2. The Hall–Kier alpha value is -5.11. The van der Waals surface area contributed by atoms with Gasteiger partial charge in [-0.15, -0.1) is 0 Å². The highest BCUT2D eigenvalue weighted by Gasteiger charge is 2.29. The van der Waals surface area contributed by atoms with Crippen LogP contribution >= 0.6 is 0 Å². The van der Waals surface area contributed by atoms with Crippen LogP contribution in [0.25, 0.3) is 34.2 Å². The van der Waals surface area contributed by atoms with Crippen molar-refractivity contribution in [1.29, 1.82) is 0 Å². The van der Waals surface area contributed by atoms with Gasteiger partial charge in [0.25, 0.3) is 5.91 Å². The Bertz CT molecular complexity index is 1830. The lowest BCUT2D eigenvalue weighted by Gasteiger charge is -2.35. The highest BCUT2D eigenvalue weighted by atomic mass is 19.1. The molecule has 0 radical (unpaired) electrons. The van der Waals surface area contributed by atoms with Crippen LogP contribution in [0, 0.1) is 5.82 Å². The van der Waals surface area contributed by atoms with Gasteiger partial charge in [0, 0.05) is 29.8 Å². The Morgan fingerprint density at radius 1 is 1.02 bits per heavy atom. The minimum atomic E-state index is -0.497. The van der Waals surface area contributed by atoms with Crippen molar-refractivity contribution in [2.24, 2.45) is 0 Å². The Kier molecular flexibility index (Phi) is 7.35. The van der Waals surface area contributed by atoms with E-state index in [9.17, 15) is 9.59 Å². The number of amides is 1. The van der Waals surface area contributed by atoms with Crippen LogP contribution in [0.5, 0.6) is 0 Å². The molecule has 210 valence electrons. The summed E-state index contributed by atoms with van der Waals surface area (Å²) in [7, 11) is 0. The first-order valence-corrected chi connectivity index (χ1v) is 13.9. The van der Waals surface area contributed by atoms with Gasteiger partial charge < -0.3 is 9.64 Å². The zero-order valence-electron chi connectivity index (χ0n) is 23.3. The third-order valence-corrected chi connectivity index (χ3v) is 7.54. The van der Waals surface area contributed by atoms with E-state index in [1.807, 2.05) is 54.3 Å². The quantitative estimate of drug-likeness (QED) is 0.174. The van der Waals surface area contributed by atoms with Crippen LogP contribution in [-0.4, -0.2) is 44.5 Å². The largest absolute Gasteiger partial charge is 0.463 e. The predicted molar refractivity (Wildman–Crippen MR) is 159 cm³/mol. The van der Waals surface area contributed by atoms with Gasteiger partial charge in [0.15, 0.2) is 5.65 Å². The van der Waals surface area contributed by atoms with Gasteiger partial charge in [-0.3, -0.25) is 4.79 Å². The molecule has 1 aliphatic rings. The van der Waals surface area contributed by atoms with Crippen molar-refractivity contribution in [3.05, 3.63) is 119 Å². The van der Waals surface area contributed by atoms with Crippen molar-refractivity contribution in [2.45, 2.75) is 26.3 Å². The number of ether oxygens (including phenoxy) is 1. The fraction of sp³-hybridized carbons (Fsp3) is 0.176. The molecular formula is C34H29FN4O3. The summed E-state index contributed by atoms with van der Waals surface area (Å²) in [6.45, 7) is 4.62. The second-order valence-electron chi connectivity index (χ2n) is 10.1. The van der Waals surface area contributed by atoms with E-state index in [1.54, 1.807) is 35.7 Å². The van der Waals surface area contributed by atoms with Gasteiger partial charge in [-0.2, -0.15) is 5.10 Å². The number of aromatic nitrogens is 3. The molecule has 8 heteroatoms. The van der Waals surface area contributed by atoms with E-state index in [4.69, 9.17) is 14.8 Å². The topological polar surface area (TPSA) is 76.8 Å². The number of nitrogens with zero attached hydrogens (tertiary/aromatic N) is 4. The number of rotatable bonds is 6. The summed E-state index contributed by atoms with van der Waals surface area (Å²) < 4.78 is 21.8. The van der Waals surface area contributed by atoms with E-state index in [0.29, 0.717) is 34.8 Å². The normalized spacial score (nSPS) is 14.7. The maximum atomic E-state index is 15.3. The van der Waals surface area contributed by atoms with Gasteiger partial charge in [-0.05, 0) is 61.2 Å². The zero-order valence-corrected chi connectivity index (χ0v) is 23.3. The molecular weight excluding hydrogens is 531 g/mol. The van der Waals surface area contributed by atoms with Gasteiger partial charge in [-0.1, -0.05) is 60.7 Å². The van der Waals surface area contributed by atoms with Crippen molar-refractivity contribution in [1.82, 2.24) is 19.5 Å². The van der Waals surface area contributed by atoms with Gasteiger partial charge in [0.2, 0.25) is 0 Å². The van der Waals surface area contributed by atoms with E-state index in [1.165, 1.54) is 23.8 Å². The fourth-order valence-corrected chi connectivity index (χ4v) is 5.42. The summed E-state index contributed by atoms with van der Waals surface area (Å²) in [4.78, 5) is 32.1. The van der Waals surface area contributed by atoms with Crippen molar-refractivity contribution < 1.29 is 18.7 Å². The fourth-order valence-electron chi connectivity index (χ4n) is 5.42. The summed E-state index contributed by atoms with van der Waals surface area (Å²) in [6, 6.07) is 25.8. The minimum Gasteiger partial charge on any atom is -0.463 e. The van der Waals surface area contributed by atoms with Crippen molar-refractivity contribution in [3.63, 3.8) is 0 Å². The summed E-state index contributed by atoms with van der Waals surface area (Å²) in [6.07, 6.45) is 3.54. The number of hydrogen-bond donors (Lipinski definition) is 0. The Labute approximate surface area is 242 Å². The average molecular weight is 561 g/mol. The van der Waals surface area contributed by atoms with Gasteiger partial charge >= 0.3 is 5.97 Å². The van der Waals surface area contributed by atoms with Crippen molar-refractivity contribution >= 4 is 23.6 Å². The molecule has 5 aromatic rings. The molecule has 2 aromatic heterocycles. The lowest BCUT2D eigenvalue weighted by Crippen LogP contribution is -2.39. The van der Waals surface area contributed by atoms with Gasteiger partial charge in [0.1, 0.15) is 11.5 Å². The maximum absolute atomic E-state index is 15.3. The number of benzene rings is 3. The van der Waals surface area contributed by atoms with Crippen LogP contribution in [0.3, 0.4) is 0 Å². The molecule has 0 spiro atoms. The van der Waals surface area contributed by atoms with E-state index >= 15 is 4.39 Å². The first kappa shape index (κ1) is 27.1. The highest BCUT2D eigenvalue weighted by Crippen LogP contribution is 2.32. The molecule has 0 aliphatic carbocycles. The first-order chi connectivity index (χ1) is 20.4. The zero-order chi connectivity index (χ0) is 29.2. The van der Waals surface area contributed by atoms with Crippen LogP contribution in [0.1, 0.15) is 47.1 Å². The SMILES string of the molecule is CCOC(=O)/C=C/c1ccc(-c2cc3nc(C(=O)N4CCc5ccccc5[C@H]4C)cc(-c4ccccc4)n3n2)c(F)c1. The number of hydrogen-bond acceptors (Lipinski definition) is 5. The van der Waals surface area contributed by atoms with Gasteiger partial charge in [0.05, 0.1) is 24.0 Å². The standard InChI is InChI=1S/C34H29FN4O3/c1-3-42-33(40)16-14-23-13-15-27(28(35)19-23)29-21-32-36-30(20-31(39(32)37-29)25-10-5-4-6-11-25)34(41)38-18-17-24-9-7-8-12-26(24)22(38)2/h4-16,19-22H,3,17-18H2,1-2H3/b16-14+/t22-/m1/s1. The molecule has 1 amide bonds. The monoisotopic (exact) mass is 560 g/mol. The van der Waals surface area contributed by atoms with Crippen LogP contribution in [0.2, 0.25) is 0 Å². The molecule has 1 aliphatic heterocycles. The molecule has 0 fully saturated rings. The summed E-state index contributed by atoms with van der Waals surface area (Å²) >= 11 is 0. The molecule has 0 saturated carbocycles. The Morgan fingerprint density at radius 2 is 1.81 bits per heavy atom. The van der Waals surface area contributed by atoms with Gasteiger partial charge in [-0.25, -0.2) is 18.7 Å². The molecule has 0 saturated heterocycles. The van der Waals surface area contributed by atoms with E-state index in [2.05, 4.69) is 12.1 Å². The summed E-state index contributed by atoms with van der Waals surface area (Å²) in [5.74, 6) is -1.15. The second kappa shape index (κ2) is 11.4. The first-order valence-electron chi connectivity index (χ1n) is 13.9. The predicted octanol–water partition coefficient (Wildman–Crippen LogP) is 6.54. The molecule has 6 rings (SSSR count). The van der Waals surface area contributed by atoms with E-state index < -0.39 is 11.8 Å². The Balaban J connectivity index is 1.39. The third-order valence-electron chi connectivity index (χ3n) is 7.54. The third kappa shape index (κ3) is 5.19. The smallest absolute Gasteiger partial charge is 0.330 e. The molecule has 0 unspecified atom stereocenters. The van der Waals surface area contributed by atoms with E-state index in [0.717, 1.165) is 17.5 Å². The van der Waals surface area contributed by atoms with Crippen LogP contribution < -0.4 is 0 Å². The van der Waals surface area contributed by atoms with Crippen molar-refractivity contribution in [3.8, 4) is 22.5 Å². The lowest BCUT2D eigenvalue weighted by atomic mass is 9.93. The molecule has 7 nitrogen and oxygen atoms in total. The van der Waals surface area contributed by atoms with E-state index in [-0.39, 0.29) is 24.1 Å². The molecule has 42 heavy (non-hydrogen) atoms. The number of carbonyl (C=O) groups is 2. The number of carbonyl (C=O) groups excluding carboxylic acids is 2. The lowest BCUT2D eigenvalue weighted by molar-refractivity contribution is -0.137. The maximum Gasteiger partial charge on any atom is 0.330 e. The van der Waals surface area contributed by atoms with Crippen molar-refractivity contribution in [2.75, 3.05) is 13.2 Å². The highest BCUT2D eigenvalue weighted by molar-refractivity contribution is 5.94. The summed E-state index contributed by atoms with van der Waals surface area (Å²) in [5.41, 5.74) is 5.84. The molecule has 1 atom stereocenters. The van der Waals surface area contributed by atoms with Crippen LogP contribution in [0.15, 0.2) is 91.0 Å². The minimum absolute atomic E-state index is 0.0911. The van der Waals surface area contributed by atoms with Crippen LogP contribution in [0.4, 0.5) is 4.39 Å². The van der Waals surface area contributed by atoms with Crippen LogP contribution in [-0.2, 0) is 16.0 Å². The second-order valence-corrected chi connectivity index (χ2v) is 10.1. The molecule has 3 heterocycles. The number of esters is 1. The number of halogens is 1. The molecule has 3 aromatic carbocycles. The average Bonchev–Trinajstić information content (AvgIpc) is 3.44. The molecule has 0 N–H and O–H groups in total. The molecule has 0 bridgehead atoms.